The van der Waals surface area contributed by atoms with Crippen molar-refractivity contribution in [1.29, 1.82) is 0 Å². The molecule has 0 atom stereocenters. The zero-order valence-corrected chi connectivity index (χ0v) is 22.6. The van der Waals surface area contributed by atoms with E-state index in [1.165, 1.54) is 46.5 Å². The SMILES string of the molecule is CCN(c1ccccc1)S(=O)(=O)c1ccc(NC(=O)c2nc(SCc3cccc(C)c3)ncc2Cl)cc1. The van der Waals surface area contributed by atoms with E-state index in [-0.39, 0.29) is 22.2 Å². The van der Waals surface area contributed by atoms with Crippen LogP contribution in [0.25, 0.3) is 0 Å². The first-order valence-electron chi connectivity index (χ1n) is 11.5. The summed E-state index contributed by atoms with van der Waals surface area (Å²) in [7, 11) is -3.77. The molecule has 0 bridgehead atoms. The maximum atomic E-state index is 13.2. The van der Waals surface area contributed by atoms with E-state index in [9.17, 15) is 13.2 Å². The second-order valence-electron chi connectivity index (χ2n) is 8.11. The van der Waals surface area contributed by atoms with Gasteiger partial charge in [-0.25, -0.2) is 18.4 Å². The van der Waals surface area contributed by atoms with Crippen LogP contribution >= 0.6 is 23.4 Å². The molecule has 4 aromatic rings. The van der Waals surface area contributed by atoms with Crippen LogP contribution in [0.5, 0.6) is 0 Å². The van der Waals surface area contributed by atoms with E-state index in [0.29, 0.717) is 22.3 Å². The Labute approximate surface area is 226 Å². The van der Waals surface area contributed by atoms with E-state index in [2.05, 4.69) is 21.4 Å². The van der Waals surface area contributed by atoms with Gasteiger partial charge in [0.2, 0.25) is 0 Å². The molecule has 1 N–H and O–H groups in total. The summed E-state index contributed by atoms with van der Waals surface area (Å²) >= 11 is 7.61. The lowest BCUT2D eigenvalue weighted by Gasteiger charge is -2.23. The van der Waals surface area contributed by atoms with Gasteiger partial charge < -0.3 is 5.32 Å². The maximum absolute atomic E-state index is 13.2. The highest BCUT2D eigenvalue weighted by Gasteiger charge is 2.23. The first-order chi connectivity index (χ1) is 17.8. The predicted octanol–water partition coefficient (Wildman–Crippen LogP) is 6.20. The molecular weight excluding hydrogens is 528 g/mol. The molecule has 0 aliphatic rings. The number of thioether (sulfide) groups is 1. The number of hydrogen-bond acceptors (Lipinski definition) is 6. The molecule has 1 aromatic heterocycles. The topological polar surface area (TPSA) is 92.3 Å². The summed E-state index contributed by atoms with van der Waals surface area (Å²) in [5.74, 6) is 0.137. The number of aromatic nitrogens is 2. The van der Waals surface area contributed by atoms with E-state index in [1.54, 1.807) is 31.2 Å². The van der Waals surface area contributed by atoms with Gasteiger partial charge in [0.25, 0.3) is 15.9 Å². The minimum atomic E-state index is -3.77. The van der Waals surface area contributed by atoms with Gasteiger partial charge in [0, 0.05) is 18.0 Å². The van der Waals surface area contributed by atoms with Gasteiger partial charge in [0.1, 0.15) is 0 Å². The normalized spacial score (nSPS) is 11.2. The van der Waals surface area contributed by atoms with Crippen molar-refractivity contribution in [3.05, 3.63) is 107 Å². The third kappa shape index (κ3) is 6.49. The van der Waals surface area contributed by atoms with Gasteiger partial charge in [-0.1, -0.05) is 71.4 Å². The van der Waals surface area contributed by atoms with E-state index >= 15 is 0 Å². The van der Waals surface area contributed by atoms with Crippen LogP contribution in [-0.2, 0) is 15.8 Å². The van der Waals surface area contributed by atoms with E-state index < -0.39 is 15.9 Å². The molecule has 1 heterocycles. The minimum Gasteiger partial charge on any atom is -0.321 e. The van der Waals surface area contributed by atoms with Gasteiger partial charge in [-0.3, -0.25) is 9.10 Å². The highest BCUT2D eigenvalue weighted by molar-refractivity contribution is 7.98. The summed E-state index contributed by atoms with van der Waals surface area (Å²) in [4.78, 5) is 21.6. The number of hydrogen-bond donors (Lipinski definition) is 1. The van der Waals surface area contributed by atoms with Crippen LogP contribution in [0.1, 0.15) is 28.5 Å². The number of nitrogens with one attached hydrogen (secondary N) is 1. The standard InChI is InChI=1S/C27H25ClN4O3S2/c1-3-32(22-10-5-4-6-11-22)37(34,35)23-14-12-21(13-15-23)30-26(33)25-24(28)17-29-27(31-25)36-18-20-9-7-8-19(2)16-20/h4-17H,3,18H2,1-2H3,(H,30,33). The van der Waals surface area contributed by atoms with Gasteiger partial charge in [-0.2, -0.15) is 0 Å². The molecule has 0 radical (unpaired) electrons. The number of benzene rings is 3. The number of rotatable bonds is 9. The highest BCUT2D eigenvalue weighted by Crippen LogP contribution is 2.26. The number of nitrogens with zero attached hydrogens (tertiary/aromatic N) is 3. The van der Waals surface area contributed by atoms with Crippen LogP contribution in [0.15, 0.2) is 95.1 Å². The zero-order chi connectivity index (χ0) is 26.4. The molecule has 0 aliphatic carbocycles. The van der Waals surface area contributed by atoms with Crippen LogP contribution in [0.3, 0.4) is 0 Å². The number of carbonyl (C=O) groups excluding carboxylic acids is 1. The molecular formula is C27H25ClN4O3S2. The second-order valence-corrected chi connectivity index (χ2v) is 11.3. The molecule has 3 aromatic carbocycles. The molecule has 0 fully saturated rings. The van der Waals surface area contributed by atoms with Crippen molar-refractivity contribution in [1.82, 2.24) is 9.97 Å². The molecule has 7 nitrogen and oxygen atoms in total. The van der Waals surface area contributed by atoms with E-state index in [4.69, 9.17) is 11.6 Å². The molecule has 37 heavy (non-hydrogen) atoms. The van der Waals surface area contributed by atoms with Gasteiger partial charge in [-0.05, 0) is 55.8 Å². The highest BCUT2D eigenvalue weighted by atomic mass is 35.5. The van der Waals surface area contributed by atoms with Crippen LogP contribution in [0.2, 0.25) is 5.02 Å². The number of anilines is 2. The summed E-state index contributed by atoms with van der Waals surface area (Å²) in [6.45, 7) is 4.08. The number of carbonyl (C=O) groups is 1. The Bertz CT molecular complexity index is 1500. The minimum absolute atomic E-state index is 0.0429. The number of halogens is 1. The Morgan fingerprint density at radius 3 is 2.43 bits per heavy atom. The monoisotopic (exact) mass is 552 g/mol. The predicted molar refractivity (Wildman–Crippen MR) is 149 cm³/mol. The number of sulfonamides is 1. The van der Waals surface area contributed by atoms with Crippen molar-refractivity contribution >= 4 is 50.7 Å². The smallest absolute Gasteiger partial charge is 0.275 e. The van der Waals surface area contributed by atoms with Gasteiger partial charge in [0.15, 0.2) is 10.9 Å². The summed E-state index contributed by atoms with van der Waals surface area (Å²) in [5.41, 5.74) is 3.32. The lowest BCUT2D eigenvalue weighted by Crippen LogP contribution is -2.30. The third-order valence-corrected chi connectivity index (χ3v) is 8.55. The fourth-order valence-corrected chi connectivity index (χ4v) is 6.05. The molecule has 4 rings (SSSR count). The Balaban J connectivity index is 1.47. The second kappa shape index (κ2) is 11.8. The maximum Gasteiger partial charge on any atom is 0.275 e. The van der Waals surface area contributed by atoms with Gasteiger partial charge in [-0.15, -0.1) is 0 Å². The fraction of sp³-hybridized carbons (Fsp3) is 0.148. The Kier molecular flexibility index (Phi) is 8.48. The zero-order valence-electron chi connectivity index (χ0n) is 20.3. The molecule has 0 aliphatic heterocycles. The average Bonchev–Trinajstić information content (AvgIpc) is 2.89. The lowest BCUT2D eigenvalue weighted by molar-refractivity contribution is 0.102. The molecule has 190 valence electrons. The quantitative estimate of drug-likeness (QED) is 0.196. The number of amides is 1. The number of para-hydroxylation sites is 1. The number of aryl methyl sites for hydroxylation is 1. The van der Waals surface area contributed by atoms with Crippen molar-refractivity contribution in [3.8, 4) is 0 Å². The van der Waals surface area contributed by atoms with Crippen LogP contribution in [0, 0.1) is 6.92 Å². The molecule has 10 heteroatoms. The van der Waals surface area contributed by atoms with Gasteiger partial charge in [0.05, 0.1) is 21.8 Å². The fourth-order valence-electron chi connectivity index (χ4n) is 3.64. The van der Waals surface area contributed by atoms with Crippen LogP contribution in [0.4, 0.5) is 11.4 Å². The van der Waals surface area contributed by atoms with Crippen LogP contribution < -0.4 is 9.62 Å². The van der Waals surface area contributed by atoms with Crippen molar-refractivity contribution in [3.63, 3.8) is 0 Å². The van der Waals surface area contributed by atoms with Crippen molar-refractivity contribution < 1.29 is 13.2 Å². The van der Waals surface area contributed by atoms with E-state index in [0.717, 1.165) is 11.1 Å². The average molecular weight is 553 g/mol. The Morgan fingerprint density at radius 2 is 1.76 bits per heavy atom. The Morgan fingerprint density at radius 1 is 1.03 bits per heavy atom. The molecule has 0 unspecified atom stereocenters. The Hall–Kier alpha value is -3.40. The van der Waals surface area contributed by atoms with Crippen molar-refractivity contribution in [2.24, 2.45) is 0 Å². The first kappa shape index (κ1) is 26.7. The summed E-state index contributed by atoms with van der Waals surface area (Å²) in [6, 6.07) is 23.0. The molecule has 0 saturated heterocycles. The molecule has 0 spiro atoms. The van der Waals surface area contributed by atoms with Crippen molar-refractivity contribution in [2.75, 3.05) is 16.2 Å². The summed E-state index contributed by atoms with van der Waals surface area (Å²) in [6.07, 6.45) is 1.40. The summed E-state index contributed by atoms with van der Waals surface area (Å²) in [5, 5.41) is 3.28. The van der Waals surface area contributed by atoms with Crippen molar-refractivity contribution in [2.45, 2.75) is 29.7 Å². The first-order valence-corrected chi connectivity index (χ1v) is 14.3. The largest absolute Gasteiger partial charge is 0.321 e. The van der Waals surface area contributed by atoms with Crippen LogP contribution in [-0.4, -0.2) is 30.8 Å². The molecule has 1 amide bonds. The molecule has 0 saturated carbocycles. The van der Waals surface area contributed by atoms with E-state index in [1.807, 2.05) is 31.2 Å². The summed E-state index contributed by atoms with van der Waals surface area (Å²) < 4.78 is 27.7. The third-order valence-electron chi connectivity index (χ3n) is 5.42. The lowest BCUT2D eigenvalue weighted by atomic mass is 10.2. The van der Waals surface area contributed by atoms with Gasteiger partial charge >= 0.3 is 0 Å².